The number of rotatable bonds is 10. The van der Waals surface area contributed by atoms with Gasteiger partial charge in [0, 0.05) is 0 Å². The number of hydrogen-bond donors (Lipinski definition) is 0. The molecule has 1 saturated heterocycles. The maximum Gasteiger partial charge on any atom is 0.115 e. The lowest BCUT2D eigenvalue weighted by Crippen LogP contribution is -2.37. The fourth-order valence-corrected chi connectivity index (χ4v) is 3.56. The summed E-state index contributed by atoms with van der Waals surface area (Å²) in [5.41, 5.74) is 3.42. The molecule has 0 unspecified atom stereocenters. The van der Waals surface area contributed by atoms with Crippen LogP contribution in [0.1, 0.15) is 16.7 Å². The summed E-state index contributed by atoms with van der Waals surface area (Å²) in [4.78, 5) is 0. The Hall–Kier alpha value is -2.50. The van der Waals surface area contributed by atoms with Gasteiger partial charge in [-0.25, -0.2) is 0 Å². The van der Waals surface area contributed by atoms with Crippen LogP contribution in [-0.4, -0.2) is 31.5 Å². The molecule has 156 valence electrons. The molecule has 4 heteroatoms. The minimum atomic E-state index is -0.176. The van der Waals surface area contributed by atoms with Crippen molar-refractivity contribution in [3.8, 4) is 0 Å². The fraction of sp³-hybridized carbons (Fsp3) is 0.308. The monoisotopic (exact) mass is 404 g/mol. The van der Waals surface area contributed by atoms with Crippen molar-refractivity contribution in [2.75, 3.05) is 13.2 Å². The van der Waals surface area contributed by atoms with Gasteiger partial charge in [0.2, 0.25) is 0 Å². The van der Waals surface area contributed by atoms with Crippen LogP contribution < -0.4 is 0 Å². The van der Waals surface area contributed by atoms with Crippen molar-refractivity contribution in [1.82, 2.24) is 0 Å². The highest BCUT2D eigenvalue weighted by molar-refractivity contribution is 5.15. The Balaban J connectivity index is 1.35. The van der Waals surface area contributed by atoms with Crippen molar-refractivity contribution in [1.29, 1.82) is 0 Å². The minimum Gasteiger partial charge on any atom is -0.374 e. The standard InChI is InChI=1S/C26H28O4/c1-4-10-21(11-5-1)16-27-19-24-26(30-18-23-14-8-3-9-15-23)25(20-29-24)28-17-22-12-6-2-7-13-22/h1-15,24-26H,16-20H2/t24-,25+,26-/m1/s1. The fourth-order valence-electron chi connectivity index (χ4n) is 3.56. The van der Waals surface area contributed by atoms with E-state index in [4.69, 9.17) is 18.9 Å². The molecule has 1 aliphatic heterocycles. The zero-order chi connectivity index (χ0) is 20.4. The molecule has 3 aromatic carbocycles. The van der Waals surface area contributed by atoms with Crippen molar-refractivity contribution in [3.63, 3.8) is 0 Å². The van der Waals surface area contributed by atoms with Gasteiger partial charge >= 0.3 is 0 Å². The smallest absolute Gasteiger partial charge is 0.115 e. The summed E-state index contributed by atoms with van der Waals surface area (Å²) in [6.45, 7) is 2.60. The van der Waals surface area contributed by atoms with Gasteiger partial charge in [-0.2, -0.15) is 0 Å². The zero-order valence-electron chi connectivity index (χ0n) is 17.1. The number of ether oxygens (including phenoxy) is 4. The highest BCUT2D eigenvalue weighted by Crippen LogP contribution is 2.24. The van der Waals surface area contributed by atoms with E-state index in [9.17, 15) is 0 Å². The molecule has 0 aromatic heterocycles. The highest BCUT2D eigenvalue weighted by Gasteiger charge is 2.39. The molecule has 0 N–H and O–H groups in total. The van der Waals surface area contributed by atoms with Crippen LogP contribution in [0.5, 0.6) is 0 Å². The predicted octanol–water partition coefficient (Wildman–Crippen LogP) is 4.77. The van der Waals surface area contributed by atoms with Crippen LogP contribution in [0.3, 0.4) is 0 Å². The van der Waals surface area contributed by atoms with Crippen molar-refractivity contribution in [3.05, 3.63) is 108 Å². The second kappa shape index (κ2) is 11.0. The molecule has 0 radical (unpaired) electrons. The summed E-state index contributed by atoms with van der Waals surface area (Å²) >= 11 is 0. The molecule has 0 amide bonds. The first-order chi connectivity index (χ1) is 14.9. The molecule has 0 bridgehead atoms. The minimum absolute atomic E-state index is 0.126. The quantitative estimate of drug-likeness (QED) is 0.488. The van der Waals surface area contributed by atoms with E-state index in [1.54, 1.807) is 0 Å². The predicted molar refractivity (Wildman–Crippen MR) is 116 cm³/mol. The third-order valence-corrected chi connectivity index (χ3v) is 5.19. The van der Waals surface area contributed by atoms with Gasteiger partial charge in [0.15, 0.2) is 0 Å². The molecule has 30 heavy (non-hydrogen) atoms. The average molecular weight is 405 g/mol. The Kier molecular flexibility index (Phi) is 7.64. The number of benzene rings is 3. The van der Waals surface area contributed by atoms with Crippen LogP contribution in [0.2, 0.25) is 0 Å². The van der Waals surface area contributed by atoms with Crippen molar-refractivity contribution >= 4 is 0 Å². The molecule has 0 saturated carbocycles. The lowest BCUT2D eigenvalue weighted by Gasteiger charge is -2.24. The molecule has 1 aliphatic rings. The van der Waals surface area contributed by atoms with Gasteiger partial charge in [0.05, 0.1) is 33.0 Å². The van der Waals surface area contributed by atoms with E-state index < -0.39 is 0 Å². The van der Waals surface area contributed by atoms with E-state index in [1.807, 2.05) is 54.6 Å². The Labute approximate surface area is 178 Å². The van der Waals surface area contributed by atoms with E-state index in [0.29, 0.717) is 33.0 Å². The third-order valence-electron chi connectivity index (χ3n) is 5.19. The van der Waals surface area contributed by atoms with Crippen LogP contribution >= 0.6 is 0 Å². The molecule has 4 rings (SSSR count). The Bertz CT molecular complexity index is 854. The average Bonchev–Trinajstić information content (AvgIpc) is 3.20. The molecule has 1 heterocycles. The first kappa shape index (κ1) is 20.8. The van der Waals surface area contributed by atoms with Gasteiger partial charge in [-0.3, -0.25) is 0 Å². The first-order valence-corrected chi connectivity index (χ1v) is 10.4. The molecule has 0 spiro atoms. The Morgan fingerprint density at radius 1 is 0.633 bits per heavy atom. The van der Waals surface area contributed by atoms with Gasteiger partial charge < -0.3 is 18.9 Å². The van der Waals surface area contributed by atoms with Gasteiger partial charge in [-0.15, -0.1) is 0 Å². The van der Waals surface area contributed by atoms with E-state index in [2.05, 4.69) is 36.4 Å². The van der Waals surface area contributed by atoms with Gasteiger partial charge in [-0.1, -0.05) is 91.0 Å². The van der Waals surface area contributed by atoms with Gasteiger partial charge in [0.1, 0.15) is 18.3 Å². The summed E-state index contributed by atoms with van der Waals surface area (Å²) in [5.74, 6) is 0. The van der Waals surface area contributed by atoms with Crippen LogP contribution in [0.25, 0.3) is 0 Å². The largest absolute Gasteiger partial charge is 0.374 e. The van der Waals surface area contributed by atoms with Crippen LogP contribution in [0.4, 0.5) is 0 Å². The Morgan fingerprint density at radius 2 is 1.13 bits per heavy atom. The lowest BCUT2D eigenvalue weighted by atomic mass is 10.1. The second-order valence-corrected chi connectivity index (χ2v) is 7.47. The molecule has 0 aliphatic carbocycles. The third kappa shape index (κ3) is 6.00. The van der Waals surface area contributed by atoms with E-state index >= 15 is 0 Å². The summed E-state index contributed by atoms with van der Waals surface area (Å²) < 4.78 is 24.4. The topological polar surface area (TPSA) is 36.9 Å². The molecular formula is C26H28O4. The van der Waals surface area contributed by atoms with Gasteiger partial charge in [0.25, 0.3) is 0 Å². The second-order valence-electron chi connectivity index (χ2n) is 7.47. The first-order valence-electron chi connectivity index (χ1n) is 10.4. The zero-order valence-corrected chi connectivity index (χ0v) is 17.1. The van der Waals surface area contributed by atoms with Crippen LogP contribution in [-0.2, 0) is 38.8 Å². The van der Waals surface area contributed by atoms with Crippen molar-refractivity contribution in [2.24, 2.45) is 0 Å². The summed E-state index contributed by atoms with van der Waals surface area (Å²) in [6, 6.07) is 30.5. The lowest BCUT2D eigenvalue weighted by molar-refractivity contribution is -0.0895. The van der Waals surface area contributed by atoms with Crippen LogP contribution in [0.15, 0.2) is 91.0 Å². The van der Waals surface area contributed by atoms with Crippen molar-refractivity contribution < 1.29 is 18.9 Å². The highest BCUT2D eigenvalue weighted by atomic mass is 16.6. The summed E-state index contributed by atoms with van der Waals surface area (Å²) in [7, 11) is 0. The summed E-state index contributed by atoms with van der Waals surface area (Å²) in [5, 5.41) is 0. The van der Waals surface area contributed by atoms with Gasteiger partial charge in [-0.05, 0) is 16.7 Å². The molecule has 1 fully saturated rings. The molecule has 3 aromatic rings. The van der Waals surface area contributed by atoms with E-state index in [0.717, 1.165) is 16.7 Å². The Morgan fingerprint density at radius 3 is 1.70 bits per heavy atom. The number of hydrogen-bond acceptors (Lipinski definition) is 4. The van der Waals surface area contributed by atoms with Crippen LogP contribution in [0, 0.1) is 0 Å². The normalized spacial score (nSPS) is 21.0. The maximum atomic E-state index is 6.28. The molecule has 4 nitrogen and oxygen atoms in total. The maximum absolute atomic E-state index is 6.28. The van der Waals surface area contributed by atoms with Crippen molar-refractivity contribution in [2.45, 2.75) is 38.1 Å². The van der Waals surface area contributed by atoms with E-state index in [1.165, 1.54) is 0 Å². The SMILES string of the molecule is c1ccc(COC[C@H]2OC[C@H](OCc3ccccc3)[C@@H]2OCc2ccccc2)cc1. The van der Waals surface area contributed by atoms with E-state index in [-0.39, 0.29) is 18.3 Å². The molecular weight excluding hydrogens is 376 g/mol. The summed E-state index contributed by atoms with van der Waals surface area (Å²) in [6.07, 6.45) is -0.456. The molecule has 3 atom stereocenters.